The van der Waals surface area contributed by atoms with Crippen LogP contribution < -0.4 is 5.32 Å². The largest absolute Gasteiger partial charge is 0.416 e. The summed E-state index contributed by atoms with van der Waals surface area (Å²) in [7, 11) is 1.79. The first-order chi connectivity index (χ1) is 15.1. The summed E-state index contributed by atoms with van der Waals surface area (Å²) in [5.74, 6) is -0.494. The van der Waals surface area contributed by atoms with Crippen molar-refractivity contribution in [3.63, 3.8) is 0 Å². The molecule has 170 valence electrons. The van der Waals surface area contributed by atoms with E-state index in [4.69, 9.17) is 4.74 Å². The lowest BCUT2D eigenvalue weighted by molar-refractivity contribution is -0.137. The summed E-state index contributed by atoms with van der Waals surface area (Å²) in [5, 5.41) is 17.6. The van der Waals surface area contributed by atoms with Crippen molar-refractivity contribution in [3.05, 3.63) is 40.8 Å². The van der Waals surface area contributed by atoms with E-state index in [2.05, 4.69) is 15.4 Å². The Morgan fingerprint density at radius 1 is 1.34 bits per heavy atom. The van der Waals surface area contributed by atoms with Gasteiger partial charge in [-0.05, 0) is 38.3 Å². The van der Waals surface area contributed by atoms with Gasteiger partial charge in [-0.3, -0.25) is 9.48 Å². The van der Waals surface area contributed by atoms with Crippen molar-refractivity contribution in [1.29, 1.82) is 0 Å². The van der Waals surface area contributed by atoms with Crippen molar-refractivity contribution in [3.8, 4) is 0 Å². The summed E-state index contributed by atoms with van der Waals surface area (Å²) in [6.07, 6.45) is -2.06. The lowest BCUT2D eigenvalue weighted by atomic mass is 9.74. The number of hydrogen-bond acceptors (Lipinski definition) is 5. The zero-order valence-electron chi connectivity index (χ0n) is 17.6. The first kappa shape index (κ1) is 20.2. The minimum absolute atomic E-state index is 0.00477. The number of pyridine rings is 1. The zero-order valence-corrected chi connectivity index (χ0v) is 17.6. The van der Waals surface area contributed by atoms with Crippen molar-refractivity contribution in [2.24, 2.45) is 12.5 Å². The standard InChI is InChI=1S/C22H23F3N4O3/c1-10-13(8-29(2)28-10)20-9-21(20,16-7-15(30)18(20)32-16)19(31)27-17-6-12(22(23,24)25)5-14(26-17)11-3-4-11/h5-6,8,11,15-16,18,30H,3-4,7,9H2,1-2H3,(H,26,27,31)/t15-,16+,18-,20+,21+/m0/s1. The minimum Gasteiger partial charge on any atom is -0.390 e. The molecule has 2 saturated carbocycles. The van der Waals surface area contributed by atoms with Gasteiger partial charge in [0.05, 0.1) is 35.0 Å². The van der Waals surface area contributed by atoms with Crippen molar-refractivity contribution < 1.29 is 27.8 Å². The van der Waals surface area contributed by atoms with Crippen LogP contribution in [0.1, 0.15) is 54.1 Å². The summed E-state index contributed by atoms with van der Waals surface area (Å²) < 4.78 is 48.0. The van der Waals surface area contributed by atoms with Crippen molar-refractivity contribution in [1.82, 2.24) is 14.8 Å². The Morgan fingerprint density at radius 3 is 2.72 bits per heavy atom. The van der Waals surface area contributed by atoms with Crippen molar-refractivity contribution in [2.75, 3.05) is 5.32 Å². The summed E-state index contributed by atoms with van der Waals surface area (Å²) in [4.78, 5) is 17.9. The normalized spacial score (nSPS) is 35.1. The van der Waals surface area contributed by atoms with E-state index in [1.54, 1.807) is 11.7 Å². The second-order valence-corrected chi connectivity index (χ2v) is 9.66. The molecule has 7 nitrogen and oxygen atoms in total. The molecule has 0 aromatic carbocycles. The van der Waals surface area contributed by atoms with E-state index in [1.165, 1.54) is 0 Å². The number of amides is 1. The quantitative estimate of drug-likeness (QED) is 0.751. The van der Waals surface area contributed by atoms with Crippen LogP contribution in [-0.2, 0) is 28.2 Å². The van der Waals surface area contributed by atoms with E-state index in [1.807, 2.05) is 13.1 Å². The highest BCUT2D eigenvalue weighted by atomic mass is 19.4. The van der Waals surface area contributed by atoms with Gasteiger partial charge in [0.25, 0.3) is 0 Å². The number of alkyl halides is 3. The van der Waals surface area contributed by atoms with Gasteiger partial charge in [-0.15, -0.1) is 0 Å². The molecule has 1 amide bonds. The Morgan fingerprint density at radius 2 is 2.09 bits per heavy atom. The number of carbonyl (C=O) groups is 1. The Kier molecular flexibility index (Phi) is 3.85. The molecule has 6 rings (SSSR count). The van der Waals surface area contributed by atoms with Gasteiger partial charge < -0.3 is 15.2 Å². The van der Waals surface area contributed by atoms with Crippen molar-refractivity contribution in [2.45, 2.75) is 68.4 Å². The molecule has 0 spiro atoms. The van der Waals surface area contributed by atoms with Gasteiger partial charge in [-0.1, -0.05) is 0 Å². The second-order valence-electron chi connectivity index (χ2n) is 9.66. The number of anilines is 1. The third-order valence-corrected chi connectivity index (χ3v) is 7.69. The fraction of sp³-hybridized carbons (Fsp3) is 0.591. The molecule has 4 aliphatic rings. The van der Waals surface area contributed by atoms with E-state index >= 15 is 0 Å². The number of ether oxygens (including phenoxy) is 1. The zero-order chi connectivity index (χ0) is 22.6. The highest BCUT2D eigenvalue weighted by Crippen LogP contribution is 2.78. The van der Waals surface area contributed by atoms with Crippen LogP contribution in [0.4, 0.5) is 19.0 Å². The van der Waals surface area contributed by atoms with Gasteiger partial charge in [0, 0.05) is 42.3 Å². The summed E-state index contributed by atoms with van der Waals surface area (Å²) >= 11 is 0. The van der Waals surface area contributed by atoms with Crippen LogP contribution in [0, 0.1) is 12.3 Å². The first-order valence-corrected chi connectivity index (χ1v) is 10.8. The highest BCUT2D eigenvalue weighted by molar-refractivity contribution is 6.00. The van der Waals surface area contributed by atoms with Crippen LogP contribution in [-0.4, -0.2) is 44.1 Å². The van der Waals surface area contributed by atoms with Gasteiger partial charge in [-0.2, -0.15) is 18.3 Å². The minimum atomic E-state index is -4.53. The molecule has 0 unspecified atom stereocenters. The van der Waals surface area contributed by atoms with Gasteiger partial charge in [0.2, 0.25) is 5.91 Å². The molecule has 2 aliphatic carbocycles. The van der Waals surface area contributed by atoms with E-state index in [0.29, 0.717) is 18.5 Å². The number of halogens is 3. The average Bonchev–Trinajstić information content (AvgIpc) is 3.59. The summed E-state index contributed by atoms with van der Waals surface area (Å²) in [6, 6.07) is 1.96. The third kappa shape index (κ3) is 2.53. The number of nitrogens with one attached hydrogen (secondary N) is 1. The van der Waals surface area contributed by atoms with E-state index in [-0.39, 0.29) is 11.7 Å². The number of aromatic nitrogens is 3. The monoisotopic (exact) mass is 448 g/mol. The van der Waals surface area contributed by atoms with Gasteiger partial charge >= 0.3 is 6.18 Å². The SMILES string of the molecule is Cc1nn(C)cc1[C@@]12C[C@]1(C(=O)Nc1cc(C(F)(F)F)cc(C3CC3)n1)[C@H]1C[C@H](O)[C@@H]2O1. The van der Waals surface area contributed by atoms with Crippen molar-refractivity contribution >= 4 is 11.7 Å². The molecular formula is C22H23F3N4O3. The maximum Gasteiger partial charge on any atom is 0.416 e. The predicted octanol–water partition coefficient (Wildman–Crippen LogP) is 2.82. The van der Waals surface area contributed by atoms with E-state index in [0.717, 1.165) is 36.2 Å². The lowest BCUT2D eigenvalue weighted by Crippen LogP contribution is -2.44. The third-order valence-electron chi connectivity index (χ3n) is 7.69. The lowest BCUT2D eigenvalue weighted by Gasteiger charge is -2.29. The van der Waals surface area contributed by atoms with Crippen LogP contribution >= 0.6 is 0 Å². The van der Waals surface area contributed by atoms with Crippen LogP contribution in [0.15, 0.2) is 18.3 Å². The molecule has 2 bridgehead atoms. The molecule has 10 heteroatoms. The van der Waals surface area contributed by atoms with Gasteiger partial charge in [-0.25, -0.2) is 4.98 Å². The van der Waals surface area contributed by atoms with Gasteiger partial charge in [0.1, 0.15) is 5.82 Å². The molecule has 5 atom stereocenters. The second kappa shape index (κ2) is 6.11. The topological polar surface area (TPSA) is 89.3 Å². The number of aliphatic hydroxyl groups excluding tert-OH is 1. The molecular weight excluding hydrogens is 425 g/mol. The highest BCUT2D eigenvalue weighted by Gasteiger charge is 2.87. The van der Waals surface area contributed by atoms with Gasteiger partial charge in [0.15, 0.2) is 0 Å². The molecule has 2 aromatic heterocycles. The average molecular weight is 448 g/mol. The Balaban J connectivity index is 1.37. The number of hydrogen-bond donors (Lipinski definition) is 2. The smallest absolute Gasteiger partial charge is 0.390 e. The maximum absolute atomic E-state index is 13.6. The number of rotatable bonds is 4. The Bertz CT molecular complexity index is 1140. The van der Waals surface area contributed by atoms with Crippen LogP contribution in [0.2, 0.25) is 0 Å². The van der Waals surface area contributed by atoms with Crippen LogP contribution in [0.3, 0.4) is 0 Å². The fourth-order valence-corrected chi connectivity index (χ4v) is 6.13. The number of aryl methyl sites for hydroxylation is 2. The molecule has 2 saturated heterocycles. The molecule has 2 aromatic rings. The number of fused-ring (bicyclic) bond motifs is 5. The molecule has 4 fully saturated rings. The van der Waals surface area contributed by atoms with E-state index < -0.39 is 46.8 Å². The Hall–Kier alpha value is -2.46. The molecule has 0 radical (unpaired) electrons. The molecule has 32 heavy (non-hydrogen) atoms. The van der Waals surface area contributed by atoms with Crippen LogP contribution in [0.25, 0.3) is 0 Å². The predicted molar refractivity (Wildman–Crippen MR) is 106 cm³/mol. The number of aliphatic hydroxyl groups is 1. The Labute approximate surface area is 182 Å². The summed E-state index contributed by atoms with van der Waals surface area (Å²) in [5.41, 5.74) is -0.556. The molecule has 2 N–H and O–H groups in total. The summed E-state index contributed by atoms with van der Waals surface area (Å²) in [6.45, 7) is 1.85. The fourth-order valence-electron chi connectivity index (χ4n) is 6.13. The molecule has 4 heterocycles. The molecule has 2 aliphatic heterocycles. The maximum atomic E-state index is 13.6. The first-order valence-electron chi connectivity index (χ1n) is 10.8. The van der Waals surface area contributed by atoms with E-state index in [9.17, 15) is 23.1 Å². The number of nitrogens with zero attached hydrogens (tertiary/aromatic N) is 3. The number of carbonyl (C=O) groups excluding carboxylic acids is 1. The van der Waals surface area contributed by atoms with Crippen LogP contribution in [0.5, 0.6) is 0 Å².